The van der Waals surface area contributed by atoms with Crippen LogP contribution >= 0.6 is 0 Å². The van der Waals surface area contributed by atoms with Gasteiger partial charge in [0.1, 0.15) is 17.4 Å². The highest BCUT2D eigenvalue weighted by Crippen LogP contribution is 2.33. The van der Waals surface area contributed by atoms with Crippen LogP contribution in [0.2, 0.25) is 0 Å². The smallest absolute Gasteiger partial charge is 0.169 e. The van der Waals surface area contributed by atoms with Crippen molar-refractivity contribution in [3.8, 4) is 17.2 Å². The van der Waals surface area contributed by atoms with Crippen LogP contribution in [0.15, 0.2) is 42.5 Å². The lowest BCUT2D eigenvalue weighted by atomic mass is 10.1. The molecule has 0 fully saturated rings. The van der Waals surface area contributed by atoms with Gasteiger partial charge in [0.15, 0.2) is 11.5 Å². The Bertz CT molecular complexity index is 614. The number of amidine groups is 1. The second-order valence-electron chi connectivity index (χ2n) is 3.78. The molecule has 0 aliphatic heterocycles. The fourth-order valence-corrected chi connectivity index (χ4v) is 1.67. The molecule has 0 aliphatic rings. The summed E-state index contributed by atoms with van der Waals surface area (Å²) in [4.78, 5) is 0. The maximum Gasteiger partial charge on any atom is 0.169 e. The number of rotatable bonds is 4. The lowest BCUT2D eigenvalue weighted by Crippen LogP contribution is -2.14. The first-order valence-electron chi connectivity index (χ1n) is 5.57. The third-order valence-corrected chi connectivity index (χ3v) is 2.53. The Morgan fingerprint density at radius 1 is 1.05 bits per heavy atom. The van der Waals surface area contributed by atoms with Gasteiger partial charge >= 0.3 is 0 Å². The van der Waals surface area contributed by atoms with E-state index in [1.54, 1.807) is 30.3 Å². The molecule has 0 aliphatic carbocycles. The molecular formula is C14H13FN2O2. The zero-order chi connectivity index (χ0) is 13.8. The number of para-hydroxylation sites is 2. The predicted octanol–water partition coefficient (Wildman–Crippen LogP) is 2.91. The quantitative estimate of drug-likeness (QED) is 0.656. The summed E-state index contributed by atoms with van der Waals surface area (Å²) in [5, 5.41) is 7.41. The molecule has 4 nitrogen and oxygen atoms in total. The summed E-state index contributed by atoms with van der Waals surface area (Å²) in [7, 11) is 1.51. The van der Waals surface area contributed by atoms with Gasteiger partial charge in [-0.2, -0.15) is 0 Å². The van der Waals surface area contributed by atoms with Crippen molar-refractivity contribution in [3.63, 3.8) is 0 Å². The molecule has 0 spiro atoms. The Balaban J connectivity index is 2.44. The summed E-state index contributed by atoms with van der Waals surface area (Å²) < 4.78 is 24.4. The average molecular weight is 260 g/mol. The largest absolute Gasteiger partial charge is 0.493 e. The highest BCUT2D eigenvalue weighted by molar-refractivity contribution is 5.98. The second kappa shape index (κ2) is 5.39. The lowest BCUT2D eigenvalue weighted by Gasteiger charge is -2.13. The SMILES string of the molecule is COc1ccccc1Oc1cccc(F)c1C(=N)N. The van der Waals surface area contributed by atoms with Crippen LogP contribution in [0, 0.1) is 11.2 Å². The van der Waals surface area contributed by atoms with Crippen molar-refractivity contribution in [2.24, 2.45) is 5.73 Å². The Kier molecular flexibility index (Phi) is 3.66. The maximum absolute atomic E-state index is 13.7. The minimum atomic E-state index is -0.597. The second-order valence-corrected chi connectivity index (χ2v) is 3.78. The third kappa shape index (κ3) is 2.65. The van der Waals surface area contributed by atoms with Crippen LogP contribution in [-0.2, 0) is 0 Å². The summed E-state index contributed by atoms with van der Waals surface area (Å²) in [5.74, 6) is 0.138. The minimum absolute atomic E-state index is 0.0617. The van der Waals surface area contributed by atoms with Gasteiger partial charge in [-0.25, -0.2) is 4.39 Å². The van der Waals surface area contributed by atoms with Gasteiger partial charge in [0.25, 0.3) is 0 Å². The highest BCUT2D eigenvalue weighted by atomic mass is 19.1. The maximum atomic E-state index is 13.7. The van der Waals surface area contributed by atoms with Gasteiger partial charge in [0, 0.05) is 0 Å². The average Bonchev–Trinajstić information content (AvgIpc) is 2.39. The van der Waals surface area contributed by atoms with Crippen molar-refractivity contribution in [2.45, 2.75) is 0 Å². The van der Waals surface area contributed by atoms with Gasteiger partial charge in [-0.05, 0) is 24.3 Å². The topological polar surface area (TPSA) is 68.3 Å². The minimum Gasteiger partial charge on any atom is -0.493 e. The van der Waals surface area contributed by atoms with Gasteiger partial charge in [-0.15, -0.1) is 0 Å². The number of ether oxygens (including phenoxy) is 2. The van der Waals surface area contributed by atoms with E-state index in [-0.39, 0.29) is 17.1 Å². The van der Waals surface area contributed by atoms with Crippen LogP contribution in [-0.4, -0.2) is 12.9 Å². The molecular weight excluding hydrogens is 247 g/mol. The Morgan fingerprint density at radius 2 is 1.68 bits per heavy atom. The molecule has 2 rings (SSSR count). The van der Waals surface area contributed by atoms with Crippen LogP contribution in [0.4, 0.5) is 4.39 Å². The monoisotopic (exact) mass is 260 g/mol. The molecule has 0 radical (unpaired) electrons. The molecule has 0 saturated heterocycles. The van der Waals surface area contributed by atoms with Crippen molar-refractivity contribution in [1.82, 2.24) is 0 Å². The Hall–Kier alpha value is -2.56. The molecule has 19 heavy (non-hydrogen) atoms. The van der Waals surface area contributed by atoms with Crippen LogP contribution in [0.5, 0.6) is 17.2 Å². The van der Waals surface area contributed by atoms with Crippen LogP contribution in [0.25, 0.3) is 0 Å². The number of nitrogens with two attached hydrogens (primary N) is 1. The Labute approximate surface area is 110 Å². The van der Waals surface area contributed by atoms with Crippen molar-refractivity contribution in [3.05, 3.63) is 53.8 Å². The van der Waals surface area contributed by atoms with E-state index in [2.05, 4.69) is 0 Å². The molecule has 5 heteroatoms. The third-order valence-electron chi connectivity index (χ3n) is 2.53. The first-order chi connectivity index (χ1) is 9.13. The van der Waals surface area contributed by atoms with E-state index in [9.17, 15) is 4.39 Å². The van der Waals surface area contributed by atoms with E-state index in [1.807, 2.05) is 0 Å². The van der Waals surface area contributed by atoms with Crippen molar-refractivity contribution in [2.75, 3.05) is 7.11 Å². The van der Waals surface area contributed by atoms with Crippen LogP contribution in [0.3, 0.4) is 0 Å². The molecule has 0 unspecified atom stereocenters. The van der Waals surface area contributed by atoms with Crippen molar-refractivity contribution in [1.29, 1.82) is 5.41 Å². The zero-order valence-electron chi connectivity index (χ0n) is 10.3. The zero-order valence-corrected chi connectivity index (χ0v) is 10.3. The number of hydrogen-bond donors (Lipinski definition) is 2. The molecule has 0 atom stereocenters. The normalized spacial score (nSPS) is 10.0. The van der Waals surface area contributed by atoms with Gasteiger partial charge in [-0.3, -0.25) is 5.41 Å². The molecule has 2 aromatic carbocycles. The van der Waals surface area contributed by atoms with Crippen molar-refractivity contribution < 1.29 is 13.9 Å². The van der Waals surface area contributed by atoms with E-state index in [0.29, 0.717) is 11.5 Å². The van der Waals surface area contributed by atoms with Gasteiger partial charge in [0.2, 0.25) is 0 Å². The van der Waals surface area contributed by atoms with E-state index in [1.165, 1.54) is 19.2 Å². The number of halogens is 1. The number of methoxy groups -OCH3 is 1. The highest BCUT2D eigenvalue weighted by Gasteiger charge is 2.14. The van der Waals surface area contributed by atoms with Gasteiger partial charge in [0.05, 0.1) is 12.7 Å². The van der Waals surface area contributed by atoms with Gasteiger partial charge in [-0.1, -0.05) is 18.2 Å². The lowest BCUT2D eigenvalue weighted by molar-refractivity contribution is 0.378. The standard InChI is InChI=1S/C14H13FN2O2/c1-18-10-6-2-3-7-11(10)19-12-8-4-5-9(15)13(12)14(16)17/h2-8H,1H3,(H3,16,17). The predicted molar refractivity (Wildman–Crippen MR) is 70.5 cm³/mol. The van der Waals surface area contributed by atoms with E-state index in [4.69, 9.17) is 20.6 Å². The first kappa shape index (κ1) is 12.9. The summed E-state index contributed by atoms with van der Waals surface area (Å²) in [6.07, 6.45) is 0. The fourth-order valence-electron chi connectivity index (χ4n) is 1.67. The molecule has 0 amide bonds. The molecule has 0 heterocycles. The summed E-state index contributed by atoms with van der Waals surface area (Å²) in [5.41, 5.74) is 5.31. The Morgan fingerprint density at radius 3 is 2.32 bits per heavy atom. The van der Waals surface area contributed by atoms with E-state index < -0.39 is 5.82 Å². The fraction of sp³-hybridized carbons (Fsp3) is 0.0714. The first-order valence-corrected chi connectivity index (χ1v) is 5.57. The summed E-state index contributed by atoms with van der Waals surface area (Å²) in [6.45, 7) is 0. The summed E-state index contributed by atoms with van der Waals surface area (Å²) >= 11 is 0. The molecule has 0 bridgehead atoms. The number of hydrogen-bond acceptors (Lipinski definition) is 3. The number of benzene rings is 2. The molecule has 3 N–H and O–H groups in total. The summed E-state index contributed by atoms with van der Waals surface area (Å²) in [6, 6.07) is 11.2. The van der Waals surface area contributed by atoms with E-state index >= 15 is 0 Å². The molecule has 98 valence electrons. The number of nitrogens with one attached hydrogen (secondary N) is 1. The van der Waals surface area contributed by atoms with E-state index in [0.717, 1.165) is 0 Å². The van der Waals surface area contributed by atoms with Gasteiger partial charge < -0.3 is 15.2 Å². The van der Waals surface area contributed by atoms with Crippen molar-refractivity contribution >= 4 is 5.84 Å². The molecule has 0 saturated carbocycles. The van der Waals surface area contributed by atoms with Crippen LogP contribution in [0.1, 0.15) is 5.56 Å². The number of nitrogen functional groups attached to an aromatic ring is 1. The molecule has 2 aromatic rings. The molecule has 0 aromatic heterocycles. The van der Waals surface area contributed by atoms with Crippen LogP contribution < -0.4 is 15.2 Å².